The third-order valence-electron chi connectivity index (χ3n) is 2.46. The predicted molar refractivity (Wildman–Crippen MR) is 67.2 cm³/mol. The maximum atomic E-state index is 12.1. The molecule has 3 nitrogen and oxygen atoms in total. The summed E-state index contributed by atoms with van der Waals surface area (Å²) in [6, 6.07) is 4.09. The second kappa shape index (κ2) is 5.08. The van der Waals surface area contributed by atoms with Gasteiger partial charge in [0.2, 0.25) is 0 Å². The van der Waals surface area contributed by atoms with Gasteiger partial charge in [-0.25, -0.2) is 0 Å². The van der Waals surface area contributed by atoms with Crippen LogP contribution in [0.15, 0.2) is 30.9 Å². The van der Waals surface area contributed by atoms with Gasteiger partial charge in [-0.05, 0) is 24.6 Å². The van der Waals surface area contributed by atoms with Crippen molar-refractivity contribution in [3.05, 3.63) is 35.7 Å². The molecule has 0 aliphatic carbocycles. The second-order valence-electron chi connectivity index (χ2n) is 3.81. The molecule has 0 atom stereocenters. The standard InChI is InChI=1S/C12H11F3N2OS/c1-2-3-6-17-9-5-4-8(18-12(13,14)15)7-10(9)19-11(17)16/h2,4-5,7,16H,1,3,6H2. The van der Waals surface area contributed by atoms with E-state index in [2.05, 4.69) is 11.3 Å². The molecule has 0 fully saturated rings. The van der Waals surface area contributed by atoms with Crippen LogP contribution in [0.5, 0.6) is 5.75 Å². The van der Waals surface area contributed by atoms with Gasteiger partial charge in [0.25, 0.3) is 0 Å². The molecular weight excluding hydrogens is 277 g/mol. The van der Waals surface area contributed by atoms with E-state index in [0.29, 0.717) is 22.5 Å². The van der Waals surface area contributed by atoms with Crippen molar-refractivity contribution in [2.75, 3.05) is 0 Å². The molecule has 0 saturated carbocycles. The SMILES string of the molecule is C=CCCn1c(=N)sc2cc(OC(F)(F)F)ccc21. The number of halogens is 3. The Morgan fingerprint density at radius 1 is 1.42 bits per heavy atom. The molecule has 1 heterocycles. The molecule has 1 N–H and O–H groups in total. The van der Waals surface area contributed by atoms with E-state index >= 15 is 0 Å². The molecule has 0 unspecified atom stereocenters. The van der Waals surface area contributed by atoms with Gasteiger partial charge >= 0.3 is 6.36 Å². The van der Waals surface area contributed by atoms with E-state index in [1.165, 1.54) is 18.2 Å². The molecule has 102 valence electrons. The summed E-state index contributed by atoms with van der Waals surface area (Å²) in [7, 11) is 0. The molecular formula is C12H11F3N2OS. The van der Waals surface area contributed by atoms with Gasteiger partial charge in [-0.3, -0.25) is 5.41 Å². The summed E-state index contributed by atoms with van der Waals surface area (Å²) in [5.41, 5.74) is 0.728. The minimum absolute atomic E-state index is 0.267. The number of allylic oxidation sites excluding steroid dienone is 1. The minimum atomic E-state index is -4.70. The van der Waals surface area contributed by atoms with Crippen molar-refractivity contribution in [1.29, 1.82) is 5.41 Å². The van der Waals surface area contributed by atoms with E-state index in [-0.39, 0.29) is 5.75 Å². The van der Waals surface area contributed by atoms with E-state index in [4.69, 9.17) is 5.41 Å². The molecule has 0 spiro atoms. The fourth-order valence-corrected chi connectivity index (χ4v) is 2.67. The fourth-order valence-electron chi connectivity index (χ4n) is 1.71. The van der Waals surface area contributed by atoms with Crippen molar-refractivity contribution in [1.82, 2.24) is 4.57 Å². The Morgan fingerprint density at radius 3 is 2.79 bits per heavy atom. The number of benzene rings is 1. The monoisotopic (exact) mass is 288 g/mol. The highest BCUT2D eigenvalue weighted by Crippen LogP contribution is 2.27. The lowest BCUT2D eigenvalue weighted by atomic mass is 10.3. The number of rotatable bonds is 4. The molecule has 0 saturated heterocycles. The molecule has 7 heteroatoms. The number of nitrogens with one attached hydrogen (secondary N) is 1. The zero-order valence-corrected chi connectivity index (χ0v) is 10.6. The molecule has 2 rings (SSSR count). The third-order valence-corrected chi connectivity index (χ3v) is 3.42. The zero-order valence-electron chi connectivity index (χ0n) is 9.83. The topological polar surface area (TPSA) is 38.0 Å². The Bertz CT molecular complexity index is 657. The van der Waals surface area contributed by atoms with Crippen LogP contribution in [0, 0.1) is 5.41 Å². The lowest BCUT2D eigenvalue weighted by Crippen LogP contribution is -2.17. The van der Waals surface area contributed by atoms with Crippen LogP contribution in [-0.2, 0) is 6.54 Å². The van der Waals surface area contributed by atoms with Gasteiger partial charge in [-0.1, -0.05) is 17.4 Å². The lowest BCUT2D eigenvalue weighted by molar-refractivity contribution is -0.274. The Kier molecular flexibility index (Phi) is 3.66. The second-order valence-corrected chi connectivity index (χ2v) is 4.84. The van der Waals surface area contributed by atoms with Crippen LogP contribution in [0.3, 0.4) is 0 Å². The van der Waals surface area contributed by atoms with Crippen LogP contribution < -0.4 is 9.54 Å². The first-order valence-electron chi connectivity index (χ1n) is 5.45. The first-order chi connectivity index (χ1) is 8.90. The molecule has 0 bridgehead atoms. The molecule has 0 amide bonds. The van der Waals surface area contributed by atoms with Crippen LogP contribution >= 0.6 is 11.3 Å². The molecule has 19 heavy (non-hydrogen) atoms. The first-order valence-corrected chi connectivity index (χ1v) is 6.27. The van der Waals surface area contributed by atoms with Crippen molar-refractivity contribution in [3.8, 4) is 5.75 Å². The highest BCUT2D eigenvalue weighted by Gasteiger charge is 2.31. The summed E-state index contributed by atoms with van der Waals surface area (Å²) in [5.74, 6) is -0.267. The third kappa shape index (κ3) is 3.17. The van der Waals surface area contributed by atoms with Crippen molar-refractivity contribution in [2.45, 2.75) is 19.3 Å². The highest BCUT2D eigenvalue weighted by atomic mass is 32.1. The van der Waals surface area contributed by atoms with Crippen molar-refractivity contribution < 1.29 is 17.9 Å². The normalized spacial score (nSPS) is 11.7. The Hall–Kier alpha value is -1.76. The van der Waals surface area contributed by atoms with Gasteiger partial charge in [0.1, 0.15) is 5.75 Å². The lowest BCUT2D eigenvalue weighted by Gasteiger charge is -2.08. The van der Waals surface area contributed by atoms with E-state index < -0.39 is 6.36 Å². The van der Waals surface area contributed by atoms with Crippen molar-refractivity contribution in [2.24, 2.45) is 0 Å². The number of aromatic nitrogens is 1. The first kappa shape index (κ1) is 13.7. The van der Waals surface area contributed by atoms with Gasteiger partial charge < -0.3 is 9.30 Å². The van der Waals surface area contributed by atoms with Gasteiger partial charge in [0.15, 0.2) is 4.80 Å². The number of ether oxygens (including phenoxy) is 1. The molecule has 0 aliphatic heterocycles. The average Bonchev–Trinajstić information content (AvgIpc) is 2.59. The van der Waals surface area contributed by atoms with E-state index in [1.54, 1.807) is 10.6 Å². The molecule has 1 aromatic carbocycles. The molecule has 0 aliphatic rings. The molecule has 1 aromatic heterocycles. The van der Waals surface area contributed by atoms with E-state index in [9.17, 15) is 13.2 Å². The van der Waals surface area contributed by atoms with E-state index in [1.807, 2.05) is 0 Å². The maximum Gasteiger partial charge on any atom is 0.573 e. The Balaban J connectivity index is 2.40. The van der Waals surface area contributed by atoms with Gasteiger partial charge in [-0.2, -0.15) is 0 Å². The van der Waals surface area contributed by atoms with Crippen molar-refractivity contribution >= 4 is 21.6 Å². The van der Waals surface area contributed by atoms with Crippen LogP contribution in [-0.4, -0.2) is 10.9 Å². The summed E-state index contributed by atoms with van der Waals surface area (Å²) < 4.78 is 42.5. The largest absolute Gasteiger partial charge is 0.573 e. The number of nitrogens with zero attached hydrogens (tertiary/aromatic N) is 1. The number of aryl methyl sites for hydroxylation is 1. The number of fused-ring (bicyclic) bond motifs is 1. The summed E-state index contributed by atoms with van der Waals surface area (Å²) >= 11 is 1.12. The van der Waals surface area contributed by atoms with Crippen LogP contribution in [0.25, 0.3) is 10.2 Å². The Morgan fingerprint density at radius 2 is 2.16 bits per heavy atom. The smallest absolute Gasteiger partial charge is 0.406 e. The van der Waals surface area contributed by atoms with E-state index in [0.717, 1.165) is 16.9 Å². The predicted octanol–water partition coefficient (Wildman–Crippen LogP) is 3.66. The Labute approximate surface area is 111 Å². The summed E-state index contributed by atoms with van der Waals surface area (Å²) in [4.78, 5) is 0.293. The zero-order chi connectivity index (χ0) is 14.0. The van der Waals surface area contributed by atoms with Crippen LogP contribution in [0.2, 0.25) is 0 Å². The minimum Gasteiger partial charge on any atom is -0.406 e. The number of thiazole rings is 1. The van der Waals surface area contributed by atoms with Crippen LogP contribution in [0.1, 0.15) is 6.42 Å². The van der Waals surface area contributed by atoms with Gasteiger partial charge in [-0.15, -0.1) is 19.8 Å². The van der Waals surface area contributed by atoms with Crippen molar-refractivity contribution in [3.63, 3.8) is 0 Å². The van der Waals surface area contributed by atoms with Gasteiger partial charge in [0.05, 0.1) is 10.2 Å². The fraction of sp³-hybridized carbons (Fsp3) is 0.250. The number of hydrogen-bond donors (Lipinski definition) is 1. The van der Waals surface area contributed by atoms with Crippen LogP contribution in [0.4, 0.5) is 13.2 Å². The summed E-state index contributed by atoms with van der Waals surface area (Å²) in [6.45, 7) is 4.19. The maximum absolute atomic E-state index is 12.1. The quantitative estimate of drug-likeness (QED) is 0.857. The highest BCUT2D eigenvalue weighted by molar-refractivity contribution is 7.16. The summed E-state index contributed by atoms with van der Waals surface area (Å²) in [5, 5.41) is 7.81. The number of alkyl halides is 3. The van der Waals surface area contributed by atoms with Gasteiger partial charge in [0, 0.05) is 6.54 Å². The molecule has 0 radical (unpaired) electrons. The summed E-state index contributed by atoms with van der Waals surface area (Å²) in [6.07, 6.45) is -2.27. The number of hydrogen-bond acceptors (Lipinski definition) is 3. The average molecular weight is 288 g/mol. The molecule has 2 aromatic rings.